The predicted octanol–water partition coefficient (Wildman–Crippen LogP) is 1.74. The molecule has 6 nitrogen and oxygen atoms in total. The highest BCUT2D eigenvalue weighted by atomic mass is 32.2. The number of fused-ring (bicyclic) bond motifs is 1. The van der Waals surface area contributed by atoms with Gasteiger partial charge in [0.1, 0.15) is 6.04 Å². The van der Waals surface area contributed by atoms with Crippen LogP contribution in [0.1, 0.15) is 21.5 Å². The highest BCUT2D eigenvalue weighted by Gasteiger charge is 2.34. The van der Waals surface area contributed by atoms with E-state index in [1.54, 1.807) is 0 Å². The van der Waals surface area contributed by atoms with E-state index in [1.165, 1.54) is 4.90 Å². The van der Waals surface area contributed by atoms with Crippen molar-refractivity contribution in [3.63, 3.8) is 0 Å². The Morgan fingerprint density at radius 3 is 2.19 bits per heavy atom. The van der Waals surface area contributed by atoms with Crippen molar-refractivity contribution in [1.82, 2.24) is 4.90 Å². The smallest absolute Gasteiger partial charge is 0.341 e. The van der Waals surface area contributed by atoms with Crippen molar-refractivity contribution < 1.29 is 26.8 Å². The van der Waals surface area contributed by atoms with Crippen molar-refractivity contribution in [1.29, 1.82) is 0 Å². The number of amides is 2. The molecule has 2 aromatic rings. The van der Waals surface area contributed by atoms with Gasteiger partial charge >= 0.3 is 5.76 Å². The zero-order valence-electron chi connectivity index (χ0n) is 14.0. The Morgan fingerprint density at radius 1 is 1.04 bits per heavy atom. The third kappa shape index (κ3) is 3.55. The number of hydrogen-bond donors (Lipinski definition) is 1. The Kier molecular flexibility index (Phi) is 4.97. The lowest BCUT2D eigenvalue weighted by molar-refractivity contribution is -0.122. The quantitative estimate of drug-likeness (QED) is 0.854. The van der Waals surface area contributed by atoms with E-state index in [0.29, 0.717) is 0 Å². The summed E-state index contributed by atoms with van der Waals surface area (Å²) >= 11 is 0. The first-order chi connectivity index (χ1) is 12.7. The van der Waals surface area contributed by atoms with Gasteiger partial charge in [0.05, 0.1) is 4.90 Å². The largest absolute Gasteiger partial charge is 0.368 e. The molecule has 1 atom stereocenters. The first-order valence-corrected chi connectivity index (χ1v) is 9.55. The average molecular weight is 394 g/mol. The Balaban J connectivity index is 1.91. The summed E-state index contributed by atoms with van der Waals surface area (Å²) in [6.07, 6.45) is 0.273. The molecule has 27 heavy (non-hydrogen) atoms. The number of hydrogen-bond acceptors (Lipinski definition) is 4. The van der Waals surface area contributed by atoms with Gasteiger partial charge in [-0.25, -0.2) is 8.42 Å². The van der Waals surface area contributed by atoms with Gasteiger partial charge in [-0.15, -0.1) is 0 Å². The number of alkyl halides is 2. The summed E-state index contributed by atoms with van der Waals surface area (Å²) in [5.41, 5.74) is 7.32. The molecule has 3 rings (SSSR count). The van der Waals surface area contributed by atoms with Crippen LogP contribution in [0.2, 0.25) is 0 Å². The number of halogens is 2. The topological polar surface area (TPSA) is 97.5 Å². The maximum atomic E-state index is 12.8. The molecule has 0 radical (unpaired) electrons. The van der Waals surface area contributed by atoms with Crippen LogP contribution in [0.5, 0.6) is 0 Å². The predicted molar refractivity (Wildman–Crippen MR) is 92.6 cm³/mol. The zero-order chi connectivity index (χ0) is 19.8. The van der Waals surface area contributed by atoms with Gasteiger partial charge in [-0.05, 0) is 35.4 Å². The number of primary amides is 1. The second-order valence-electron chi connectivity index (χ2n) is 6.15. The maximum Gasteiger partial charge on any atom is 0.341 e. The molecule has 0 aliphatic carbocycles. The number of carbonyl (C=O) groups excluding carboxylic acids is 2. The minimum Gasteiger partial charge on any atom is -0.368 e. The lowest BCUT2D eigenvalue weighted by Crippen LogP contribution is -2.51. The summed E-state index contributed by atoms with van der Waals surface area (Å²) in [6.45, 7) is 0.166. The summed E-state index contributed by atoms with van der Waals surface area (Å²) in [6, 6.07) is 10.7. The summed E-state index contributed by atoms with van der Waals surface area (Å²) < 4.78 is 48.2. The molecule has 0 bridgehead atoms. The second kappa shape index (κ2) is 7.07. The van der Waals surface area contributed by atoms with Crippen LogP contribution in [0.25, 0.3) is 0 Å². The maximum absolute atomic E-state index is 12.8. The molecule has 1 aliphatic heterocycles. The van der Waals surface area contributed by atoms with E-state index in [2.05, 4.69) is 0 Å². The second-order valence-corrected chi connectivity index (χ2v) is 8.07. The fourth-order valence-corrected chi connectivity index (χ4v) is 3.77. The Morgan fingerprint density at radius 2 is 1.63 bits per heavy atom. The lowest BCUT2D eigenvalue weighted by atomic mass is 9.93. The third-order valence-corrected chi connectivity index (χ3v) is 5.90. The third-order valence-electron chi connectivity index (χ3n) is 4.50. The molecular weight excluding hydrogens is 378 g/mol. The normalized spacial score (nSPS) is 16.9. The zero-order valence-corrected chi connectivity index (χ0v) is 14.8. The lowest BCUT2D eigenvalue weighted by Gasteiger charge is -2.35. The van der Waals surface area contributed by atoms with Gasteiger partial charge in [0.2, 0.25) is 15.7 Å². The highest BCUT2D eigenvalue weighted by molar-refractivity contribution is 7.91. The van der Waals surface area contributed by atoms with Crippen LogP contribution in [0.3, 0.4) is 0 Å². The van der Waals surface area contributed by atoms with E-state index >= 15 is 0 Å². The minimum absolute atomic E-state index is 0.0776. The van der Waals surface area contributed by atoms with E-state index in [1.807, 2.05) is 24.3 Å². The molecule has 0 fully saturated rings. The van der Waals surface area contributed by atoms with E-state index in [4.69, 9.17) is 5.73 Å². The van der Waals surface area contributed by atoms with Crippen LogP contribution in [0, 0.1) is 0 Å². The Bertz CT molecular complexity index is 991. The van der Waals surface area contributed by atoms with Crippen LogP contribution in [-0.4, -0.2) is 36.9 Å². The minimum atomic E-state index is -4.74. The van der Waals surface area contributed by atoms with E-state index in [0.717, 1.165) is 35.4 Å². The van der Waals surface area contributed by atoms with Crippen LogP contribution in [-0.2, 0) is 27.6 Å². The first kappa shape index (κ1) is 19.0. The van der Waals surface area contributed by atoms with Gasteiger partial charge in [0, 0.05) is 18.5 Å². The van der Waals surface area contributed by atoms with Crippen molar-refractivity contribution in [3.05, 3.63) is 65.2 Å². The fourth-order valence-electron chi connectivity index (χ4n) is 3.05. The Hall–Kier alpha value is -2.81. The molecule has 0 spiro atoms. The average Bonchev–Trinajstić information content (AvgIpc) is 2.66. The van der Waals surface area contributed by atoms with Crippen LogP contribution in [0.15, 0.2) is 53.4 Å². The van der Waals surface area contributed by atoms with Crippen LogP contribution < -0.4 is 5.73 Å². The first-order valence-electron chi connectivity index (χ1n) is 8.01. The Labute approximate surface area is 154 Å². The van der Waals surface area contributed by atoms with Gasteiger partial charge in [-0.3, -0.25) is 9.59 Å². The molecule has 2 amide bonds. The molecule has 2 aromatic carbocycles. The molecule has 1 unspecified atom stereocenters. The summed E-state index contributed by atoms with van der Waals surface area (Å²) in [5.74, 6) is -4.74. The monoisotopic (exact) mass is 394 g/mol. The molecule has 0 saturated heterocycles. The summed E-state index contributed by atoms with van der Waals surface area (Å²) in [7, 11) is -4.74. The van der Waals surface area contributed by atoms with Crippen molar-refractivity contribution in [2.24, 2.45) is 5.73 Å². The standard InChI is InChI=1S/C18H16F2N2O4S/c19-18(20)27(25,26)14-7-5-11(6-8-14)17(24)22-10-13-4-2-1-3-12(13)9-15(22)16(21)23/h1-8,15,18H,9-10H2,(H2,21,23). The number of nitrogens with zero attached hydrogens (tertiary/aromatic N) is 1. The van der Waals surface area contributed by atoms with Gasteiger partial charge in [-0.2, -0.15) is 8.78 Å². The van der Waals surface area contributed by atoms with E-state index in [9.17, 15) is 26.8 Å². The van der Waals surface area contributed by atoms with Gasteiger partial charge in [0.15, 0.2) is 0 Å². The molecule has 0 aromatic heterocycles. The number of carbonyl (C=O) groups is 2. The highest BCUT2D eigenvalue weighted by Crippen LogP contribution is 2.26. The molecule has 1 heterocycles. The summed E-state index contributed by atoms with van der Waals surface area (Å²) in [5, 5.41) is 0. The number of benzene rings is 2. The summed E-state index contributed by atoms with van der Waals surface area (Å²) in [4.78, 5) is 25.4. The van der Waals surface area contributed by atoms with Gasteiger partial charge in [-0.1, -0.05) is 24.3 Å². The molecule has 1 aliphatic rings. The van der Waals surface area contributed by atoms with Crippen LogP contribution >= 0.6 is 0 Å². The van der Waals surface area contributed by atoms with E-state index in [-0.39, 0.29) is 18.5 Å². The van der Waals surface area contributed by atoms with E-state index < -0.39 is 38.3 Å². The van der Waals surface area contributed by atoms with Crippen molar-refractivity contribution in [3.8, 4) is 0 Å². The van der Waals surface area contributed by atoms with Gasteiger partial charge < -0.3 is 10.6 Å². The molecular formula is C18H16F2N2O4S. The van der Waals surface area contributed by atoms with Crippen molar-refractivity contribution in [2.45, 2.75) is 29.7 Å². The number of nitrogens with two attached hydrogens (primary N) is 1. The van der Waals surface area contributed by atoms with Crippen molar-refractivity contribution >= 4 is 21.7 Å². The van der Waals surface area contributed by atoms with Crippen molar-refractivity contribution in [2.75, 3.05) is 0 Å². The van der Waals surface area contributed by atoms with Gasteiger partial charge in [0.25, 0.3) is 5.91 Å². The fraction of sp³-hybridized carbons (Fsp3) is 0.222. The number of sulfone groups is 1. The molecule has 0 saturated carbocycles. The molecule has 142 valence electrons. The molecule has 2 N–H and O–H groups in total. The number of rotatable bonds is 4. The SMILES string of the molecule is NC(=O)C1Cc2ccccc2CN1C(=O)c1ccc(S(=O)(=O)C(F)F)cc1. The molecule has 9 heteroatoms. The van der Waals surface area contributed by atoms with Crippen LogP contribution in [0.4, 0.5) is 8.78 Å².